The number of nitrogens with zero attached hydrogens (tertiary/aromatic N) is 4. The van der Waals surface area contributed by atoms with Crippen LogP contribution in [0.25, 0.3) is 0 Å². The van der Waals surface area contributed by atoms with Crippen molar-refractivity contribution >= 4 is 0 Å². The molecule has 1 N–H and O–H groups in total. The van der Waals surface area contributed by atoms with Crippen molar-refractivity contribution in [2.45, 2.75) is 108 Å². The Morgan fingerprint density at radius 2 is 1.03 bits per heavy atom. The summed E-state index contributed by atoms with van der Waals surface area (Å²) in [5.41, 5.74) is 0. The van der Waals surface area contributed by atoms with Gasteiger partial charge in [-0.3, -0.25) is 0 Å². The van der Waals surface area contributed by atoms with Crippen LogP contribution in [-0.2, 0) is 19.4 Å². The molecule has 0 amide bonds. The maximum absolute atomic E-state index is 9.77. The summed E-state index contributed by atoms with van der Waals surface area (Å²) in [6.07, 6.45) is 10.5. The van der Waals surface area contributed by atoms with Crippen LogP contribution >= 0.6 is 0 Å². The summed E-state index contributed by atoms with van der Waals surface area (Å²) in [6, 6.07) is 0. The largest absolute Gasteiger partial charge is 0.391 e. The molecule has 0 heterocycles. The summed E-state index contributed by atoms with van der Waals surface area (Å²) in [6.45, 7) is 0.299. The van der Waals surface area contributed by atoms with Crippen LogP contribution in [-0.4, -0.2) is 56.5 Å². The van der Waals surface area contributed by atoms with Crippen molar-refractivity contribution in [1.29, 1.82) is 0 Å². The number of hydrogen-bond acceptors (Lipinski definition) is 13. The molecule has 4 aliphatic rings. The minimum absolute atomic E-state index is 0.0926. The lowest BCUT2D eigenvalue weighted by Gasteiger charge is -2.23. The highest BCUT2D eigenvalue weighted by atomic mass is 17.0. The molecule has 4 fully saturated rings. The second-order valence-electron chi connectivity index (χ2n) is 8.80. The van der Waals surface area contributed by atoms with Gasteiger partial charge in [0.25, 0.3) is 20.3 Å². The summed E-state index contributed by atoms with van der Waals surface area (Å²) in [5.74, 6) is 0.454. The number of hydrogen-bond donors (Lipinski definition) is 1. The van der Waals surface area contributed by atoms with E-state index in [9.17, 15) is 40.5 Å². The van der Waals surface area contributed by atoms with Gasteiger partial charge >= 0.3 is 0 Å². The van der Waals surface area contributed by atoms with E-state index in [2.05, 4.69) is 19.4 Å². The molecule has 4 rings (SSSR count). The first kappa shape index (κ1) is 30.8. The molecule has 0 aliphatic heterocycles. The van der Waals surface area contributed by atoms with Crippen LogP contribution < -0.4 is 0 Å². The van der Waals surface area contributed by atoms with E-state index in [4.69, 9.17) is 5.11 Å². The van der Waals surface area contributed by atoms with Crippen LogP contribution in [0.3, 0.4) is 0 Å². The SMILES string of the molecule is O=[N+]([O-])OC1CCC1.O=[N+]([O-])OC1CCCC1.O=[N+]([O-])OC1CCCC1O.O=[N+]([O-])OCC1CCC1. The Morgan fingerprint density at radius 3 is 1.33 bits per heavy atom. The standard InChI is InChI=1S/C5H9NO4.2C5H9NO3.C4H7NO3/c7-4-2-1-3-5(4)10-6(8)9;7-6(8)9-4-5-2-1-3-5;7-6(8)9-5-3-1-2-4-5;6-5(7)8-4-2-1-3-4/h4-5,7H,1-3H2;2*5H,1-4H2;4H,1-3H2. The zero-order chi connectivity index (χ0) is 26.9. The summed E-state index contributed by atoms with van der Waals surface area (Å²) in [5, 5.41) is 44.7. The predicted octanol–water partition coefficient (Wildman–Crippen LogP) is 2.99. The van der Waals surface area contributed by atoms with Crippen LogP contribution in [0, 0.1) is 46.4 Å². The van der Waals surface area contributed by atoms with E-state index < -0.39 is 32.6 Å². The molecule has 17 nitrogen and oxygen atoms in total. The smallest absolute Gasteiger partial charge is 0.294 e. The summed E-state index contributed by atoms with van der Waals surface area (Å²) in [4.78, 5) is 55.6. The van der Waals surface area contributed by atoms with Gasteiger partial charge in [0.15, 0.2) is 0 Å². The minimum Gasteiger partial charge on any atom is -0.391 e. The molecule has 2 unspecified atom stereocenters. The first-order valence-electron chi connectivity index (χ1n) is 12.0. The molecular formula is C19H34N4O13. The van der Waals surface area contributed by atoms with E-state index in [1.807, 2.05) is 0 Å². The molecule has 4 saturated carbocycles. The van der Waals surface area contributed by atoms with Gasteiger partial charge in [-0.15, -0.1) is 40.5 Å². The lowest BCUT2D eigenvalue weighted by molar-refractivity contribution is -0.771. The number of aliphatic hydroxyl groups is 1. The van der Waals surface area contributed by atoms with E-state index in [-0.39, 0.29) is 12.2 Å². The lowest BCUT2D eigenvalue weighted by atomic mass is 9.86. The van der Waals surface area contributed by atoms with E-state index in [1.54, 1.807) is 0 Å². The molecule has 0 aromatic carbocycles. The van der Waals surface area contributed by atoms with Crippen molar-refractivity contribution in [2.75, 3.05) is 6.61 Å². The van der Waals surface area contributed by atoms with E-state index in [0.29, 0.717) is 25.4 Å². The molecule has 0 aromatic rings. The van der Waals surface area contributed by atoms with Crippen molar-refractivity contribution in [1.82, 2.24) is 0 Å². The van der Waals surface area contributed by atoms with Crippen molar-refractivity contribution in [3.8, 4) is 0 Å². The Bertz CT molecular complexity index is 684. The van der Waals surface area contributed by atoms with Gasteiger partial charge in [-0.1, -0.05) is 19.3 Å². The highest BCUT2D eigenvalue weighted by molar-refractivity contribution is 4.75. The fourth-order valence-corrected chi connectivity index (χ4v) is 3.68. The average molecular weight is 526 g/mol. The summed E-state index contributed by atoms with van der Waals surface area (Å²) < 4.78 is 0. The van der Waals surface area contributed by atoms with Crippen molar-refractivity contribution in [2.24, 2.45) is 5.92 Å². The van der Waals surface area contributed by atoms with Gasteiger partial charge in [0.1, 0.15) is 18.3 Å². The van der Waals surface area contributed by atoms with Gasteiger partial charge in [0.2, 0.25) is 0 Å². The third-order valence-electron chi connectivity index (χ3n) is 6.10. The zero-order valence-corrected chi connectivity index (χ0v) is 19.9. The quantitative estimate of drug-likeness (QED) is 0.336. The Balaban J connectivity index is 0.000000241. The monoisotopic (exact) mass is 526 g/mol. The van der Waals surface area contributed by atoms with Gasteiger partial charge in [0.05, 0.1) is 12.7 Å². The van der Waals surface area contributed by atoms with Gasteiger partial charge in [-0.05, 0) is 70.1 Å². The van der Waals surface area contributed by atoms with Gasteiger partial charge < -0.3 is 24.5 Å². The topological polar surface area (TPSA) is 230 Å². The zero-order valence-electron chi connectivity index (χ0n) is 19.9. The lowest BCUT2D eigenvalue weighted by Crippen LogP contribution is -2.25. The molecule has 2 atom stereocenters. The normalized spacial score (nSPS) is 22.9. The molecular weight excluding hydrogens is 492 g/mol. The first-order valence-corrected chi connectivity index (χ1v) is 12.0. The minimum atomic E-state index is -0.848. The summed E-state index contributed by atoms with van der Waals surface area (Å²) >= 11 is 0. The Kier molecular flexibility index (Phi) is 14.7. The van der Waals surface area contributed by atoms with Crippen LogP contribution in [0.15, 0.2) is 0 Å². The van der Waals surface area contributed by atoms with Crippen molar-refractivity contribution in [3.63, 3.8) is 0 Å². The molecule has 0 spiro atoms. The maximum atomic E-state index is 9.77. The fourth-order valence-electron chi connectivity index (χ4n) is 3.68. The number of rotatable bonds is 9. The molecule has 0 saturated heterocycles. The summed E-state index contributed by atoms with van der Waals surface area (Å²) in [7, 11) is 0. The van der Waals surface area contributed by atoms with Gasteiger partial charge in [0, 0.05) is 0 Å². The molecule has 4 aliphatic carbocycles. The van der Waals surface area contributed by atoms with E-state index in [0.717, 1.165) is 64.2 Å². The predicted molar refractivity (Wildman–Crippen MR) is 118 cm³/mol. The van der Waals surface area contributed by atoms with Gasteiger partial charge in [-0.25, -0.2) is 0 Å². The van der Waals surface area contributed by atoms with Crippen LogP contribution in [0.4, 0.5) is 0 Å². The number of aliphatic hydroxyl groups excluding tert-OH is 1. The second-order valence-corrected chi connectivity index (χ2v) is 8.80. The molecule has 0 radical (unpaired) electrons. The fraction of sp³-hybridized carbons (Fsp3) is 1.00. The molecule has 0 aromatic heterocycles. The maximum Gasteiger partial charge on any atom is 0.294 e. The van der Waals surface area contributed by atoms with Crippen LogP contribution in [0.5, 0.6) is 0 Å². The third kappa shape index (κ3) is 14.9. The Hall–Kier alpha value is -3.24. The van der Waals surface area contributed by atoms with E-state index >= 15 is 0 Å². The third-order valence-corrected chi connectivity index (χ3v) is 6.10. The first-order chi connectivity index (χ1) is 17.1. The molecule has 208 valence electrons. The second kappa shape index (κ2) is 17.2. The highest BCUT2D eigenvalue weighted by Crippen LogP contribution is 2.26. The van der Waals surface area contributed by atoms with Crippen LogP contribution in [0.1, 0.15) is 83.5 Å². The van der Waals surface area contributed by atoms with Gasteiger partial charge in [-0.2, -0.15) is 0 Å². The highest BCUT2D eigenvalue weighted by Gasteiger charge is 2.28. The Morgan fingerprint density at radius 1 is 0.583 bits per heavy atom. The molecule has 36 heavy (non-hydrogen) atoms. The molecule has 0 bridgehead atoms. The Labute approximate surface area is 206 Å². The van der Waals surface area contributed by atoms with Crippen molar-refractivity contribution < 1.29 is 44.8 Å². The van der Waals surface area contributed by atoms with E-state index in [1.165, 1.54) is 6.42 Å². The average Bonchev–Trinajstić information content (AvgIpc) is 3.36. The van der Waals surface area contributed by atoms with Crippen molar-refractivity contribution in [3.05, 3.63) is 40.5 Å². The molecule has 17 heteroatoms. The van der Waals surface area contributed by atoms with Crippen LogP contribution in [0.2, 0.25) is 0 Å².